The molecule has 1 heterocycles. The van der Waals surface area contributed by atoms with Gasteiger partial charge in [-0.15, -0.1) is 0 Å². The normalized spacial score (nSPS) is 24.0. The first kappa shape index (κ1) is 12.1. The zero-order valence-electron chi connectivity index (χ0n) is 10.5. The van der Waals surface area contributed by atoms with Gasteiger partial charge in [-0.2, -0.15) is 0 Å². The molecule has 0 spiro atoms. The van der Waals surface area contributed by atoms with Crippen LogP contribution in [-0.2, 0) is 4.79 Å². The third-order valence-electron chi connectivity index (χ3n) is 3.45. The van der Waals surface area contributed by atoms with E-state index in [1.165, 1.54) is 0 Å². The topological polar surface area (TPSA) is 39.2 Å². The van der Waals surface area contributed by atoms with E-state index in [0.29, 0.717) is 24.7 Å². The molecule has 2 unspecified atom stereocenters. The molecule has 3 heteroatoms. The molecule has 0 N–H and O–H groups in total. The molecule has 0 bridgehead atoms. The average Bonchev–Trinajstić information content (AvgIpc) is 2.68. The van der Waals surface area contributed by atoms with Crippen molar-refractivity contribution in [2.75, 3.05) is 6.61 Å². The molecule has 1 aliphatic carbocycles. The molecule has 1 fully saturated rings. The van der Waals surface area contributed by atoms with Crippen LogP contribution >= 0.6 is 0 Å². The lowest BCUT2D eigenvalue weighted by molar-refractivity contribution is -0.120. The van der Waals surface area contributed by atoms with Crippen LogP contribution in [0.25, 0.3) is 0 Å². The van der Waals surface area contributed by atoms with Crippen molar-refractivity contribution in [3.8, 4) is 5.75 Å². The van der Waals surface area contributed by atoms with Crippen LogP contribution in [0.3, 0.4) is 0 Å². The lowest BCUT2D eigenvalue weighted by Gasteiger charge is -2.15. The van der Waals surface area contributed by atoms with Crippen molar-refractivity contribution in [2.45, 2.75) is 39.0 Å². The van der Waals surface area contributed by atoms with Gasteiger partial charge in [-0.1, -0.05) is 13.8 Å². The minimum atomic E-state index is 0.123. The van der Waals surface area contributed by atoms with Gasteiger partial charge in [0.1, 0.15) is 11.5 Å². The average molecular weight is 233 g/mol. The Bertz CT molecular complexity index is 403. The van der Waals surface area contributed by atoms with E-state index in [1.807, 2.05) is 19.2 Å². The Balaban J connectivity index is 2.13. The van der Waals surface area contributed by atoms with Crippen molar-refractivity contribution in [3.63, 3.8) is 0 Å². The maximum absolute atomic E-state index is 11.6. The van der Waals surface area contributed by atoms with Gasteiger partial charge >= 0.3 is 0 Å². The third kappa shape index (κ3) is 2.65. The number of ether oxygens (including phenoxy) is 1. The first-order valence-corrected chi connectivity index (χ1v) is 6.32. The molecule has 1 aliphatic rings. The number of nitrogens with zero attached hydrogens (tertiary/aromatic N) is 1. The molecular weight excluding hydrogens is 214 g/mol. The SMILES string of the molecule is CCCOc1cncc(C2CCC(=O)C2C)c1. The Kier molecular flexibility index (Phi) is 3.77. The van der Waals surface area contributed by atoms with E-state index in [4.69, 9.17) is 4.74 Å². The molecular formula is C14H19NO2. The molecule has 1 aromatic heterocycles. The summed E-state index contributed by atoms with van der Waals surface area (Å²) in [6.45, 7) is 4.80. The van der Waals surface area contributed by atoms with Crippen LogP contribution in [0.15, 0.2) is 18.5 Å². The van der Waals surface area contributed by atoms with Crippen LogP contribution in [-0.4, -0.2) is 17.4 Å². The summed E-state index contributed by atoms with van der Waals surface area (Å²) in [5.74, 6) is 1.63. The van der Waals surface area contributed by atoms with Crippen molar-refractivity contribution in [1.82, 2.24) is 4.98 Å². The highest BCUT2D eigenvalue weighted by molar-refractivity contribution is 5.84. The fourth-order valence-corrected chi connectivity index (χ4v) is 2.39. The smallest absolute Gasteiger partial charge is 0.137 e. The number of rotatable bonds is 4. The Labute approximate surface area is 102 Å². The second-order valence-electron chi connectivity index (χ2n) is 4.70. The van der Waals surface area contributed by atoms with E-state index in [0.717, 1.165) is 24.2 Å². The monoisotopic (exact) mass is 233 g/mol. The predicted octanol–water partition coefficient (Wildman–Crippen LogP) is 2.95. The number of pyridine rings is 1. The van der Waals surface area contributed by atoms with Crippen LogP contribution < -0.4 is 4.74 Å². The molecule has 1 saturated carbocycles. The number of carbonyl (C=O) groups is 1. The zero-order valence-corrected chi connectivity index (χ0v) is 10.5. The van der Waals surface area contributed by atoms with Crippen molar-refractivity contribution in [1.29, 1.82) is 0 Å². The van der Waals surface area contributed by atoms with Gasteiger partial charge in [0.15, 0.2) is 0 Å². The van der Waals surface area contributed by atoms with Crippen molar-refractivity contribution in [3.05, 3.63) is 24.0 Å². The molecule has 0 radical (unpaired) electrons. The second kappa shape index (κ2) is 5.30. The molecule has 2 atom stereocenters. The maximum Gasteiger partial charge on any atom is 0.137 e. The quantitative estimate of drug-likeness (QED) is 0.802. The minimum Gasteiger partial charge on any atom is -0.492 e. The fraction of sp³-hybridized carbons (Fsp3) is 0.571. The first-order valence-electron chi connectivity index (χ1n) is 6.32. The molecule has 0 saturated heterocycles. The molecule has 3 nitrogen and oxygen atoms in total. The number of hydrogen-bond donors (Lipinski definition) is 0. The molecule has 0 amide bonds. The summed E-state index contributed by atoms with van der Waals surface area (Å²) in [5, 5.41) is 0. The molecule has 17 heavy (non-hydrogen) atoms. The summed E-state index contributed by atoms with van der Waals surface area (Å²) >= 11 is 0. The lowest BCUT2D eigenvalue weighted by Crippen LogP contribution is -2.09. The van der Waals surface area contributed by atoms with Gasteiger partial charge in [0.2, 0.25) is 0 Å². The summed E-state index contributed by atoms with van der Waals surface area (Å²) in [7, 11) is 0. The Hall–Kier alpha value is -1.38. The first-order chi connectivity index (χ1) is 8.22. The summed E-state index contributed by atoms with van der Waals surface area (Å²) in [4.78, 5) is 15.8. The summed E-state index contributed by atoms with van der Waals surface area (Å²) < 4.78 is 5.57. The van der Waals surface area contributed by atoms with Crippen molar-refractivity contribution >= 4 is 5.78 Å². The third-order valence-corrected chi connectivity index (χ3v) is 3.45. The van der Waals surface area contributed by atoms with Crippen LogP contribution in [0.5, 0.6) is 5.75 Å². The van der Waals surface area contributed by atoms with E-state index in [1.54, 1.807) is 6.20 Å². The van der Waals surface area contributed by atoms with Gasteiger partial charge in [-0.25, -0.2) is 0 Å². The van der Waals surface area contributed by atoms with Gasteiger partial charge in [-0.05, 0) is 30.4 Å². The van der Waals surface area contributed by atoms with E-state index in [2.05, 4.69) is 11.9 Å². The predicted molar refractivity (Wildman–Crippen MR) is 66.2 cm³/mol. The number of ketones is 1. The maximum atomic E-state index is 11.6. The van der Waals surface area contributed by atoms with E-state index >= 15 is 0 Å². The van der Waals surface area contributed by atoms with Gasteiger partial charge in [0, 0.05) is 18.5 Å². The van der Waals surface area contributed by atoms with Crippen molar-refractivity contribution in [2.24, 2.45) is 5.92 Å². The molecule has 2 rings (SSSR count). The van der Waals surface area contributed by atoms with Crippen LogP contribution in [0.4, 0.5) is 0 Å². The standard InChI is InChI=1S/C14H19NO2/c1-3-6-17-12-7-11(8-15-9-12)13-4-5-14(16)10(13)2/h7-10,13H,3-6H2,1-2H3. The fourth-order valence-electron chi connectivity index (χ4n) is 2.39. The molecule has 92 valence electrons. The lowest BCUT2D eigenvalue weighted by atomic mass is 9.91. The number of hydrogen-bond acceptors (Lipinski definition) is 3. The Morgan fingerprint density at radius 3 is 2.94 bits per heavy atom. The number of aromatic nitrogens is 1. The van der Waals surface area contributed by atoms with E-state index in [9.17, 15) is 4.79 Å². The summed E-state index contributed by atoms with van der Waals surface area (Å²) in [6.07, 6.45) is 6.23. The van der Waals surface area contributed by atoms with Crippen molar-refractivity contribution < 1.29 is 9.53 Å². The van der Waals surface area contributed by atoms with Gasteiger partial charge in [0.25, 0.3) is 0 Å². The number of Topliss-reactive ketones (excluding diaryl/α,β-unsaturated/α-hetero) is 1. The zero-order chi connectivity index (χ0) is 12.3. The van der Waals surface area contributed by atoms with Gasteiger partial charge < -0.3 is 4.74 Å². The largest absolute Gasteiger partial charge is 0.492 e. The molecule has 0 aromatic carbocycles. The highest BCUT2D eigenvalue weighted by Gasteiger charge is 2.32. The van der Waals surface area contributed by atoms with Crippen LogP contribution in [0, 0.1) is 5.92 Å². The van der Waals surface area contributed by atoms with Crippen LogP contribution in [0.1, 0.15) is 44.6 Å². The summed E-state index contributed by atoms with van der Waals surface area (Å²) in [5.41, 5.74) is 1.14. The highest BCUT2D eigenvalue weighted by Crippen LogP contribution is 2.37. The van der Waals surface area contributed by atoms with E-state index in [-0.39, 0.29) is 5.92 Å². The summed E-state index contributed by atoms with van der Waals surface area (Å²) in [6, 6.07) is 2.03. The second-order valence-corrected chi connectivity index (χ2v) is 4.70. The number of carbonyl (C=O) groups excluding carboxylic acids is 1. The highest BCUT2D eigenvalue weighted by atomic mass is 16.5. The minimum absolute atomic E-state index is 0.123. The Morgan fingerprint density at radius 2 is 2.29 bits per heavy atom. The van der Waals surface area contributed by atoms with Gasteiger partial charge in [0.05, 0.1) is 12.8 Å². The molecule has 0 aliphatic heterocycles. The molecule has 1 aromatic rings. The van der Waals surface area contributed by atoms with Gasteiger partial charge in [-0.3, -0.25) is 9.78 Å². The van der Waals surface area contributed by atoms with E-state index < -0.39 is 0 Å². The Morgan fingerprint density at radius 1 is 1.47 bits per heavy atom. The van der Waals surface area contributed by atoms with Crippen LogP contribution in [0.2, 0.25) is 0 Å².